The number of amidine groups is 1. The maximum atomic E-state index is 13.1. The van der Waals surface area contributed by atoms with E-state index in [2.05, 4.69) is 31.2 Å². The van der Waals surface area contributed by atoms with Crippen LogP contribution in [-0.4, -0.2) is 55.5 Å². The highest BCUT2D eigenvalue weighted by atomic mass is 16.1. The highest BCUT2D eigenvalue weighted by Crippen LogP contribution is 2.27. The number of hydrogen-bond acceptors (Lipinski definition) is 8. The first-order valence-corrected chi connectivity index (χ1v) is 10.1. The molecule has 1 aromatic rings. The molecule has 10 heteroatoms. The Balaban J connectivity index is 1.83. The number of likely N-dealkylation sites (N-methyl/N-ethyl adjacent to an activating group) is 1. The van der Waals surface area contributed by atoms with Gasteiger partial charge in [-0.25, -0.2) is 0 Å². The number of anilines is 2. The number of nitrogens with zero attached hydrogens (tertiary/aromatic N) is 2. The zero-order valence-corrected chi connectivity index (χ0v) is 17.5. The van der Waals surface area contributed by atoms with Crippen LogP contribution in [-0.2, 0) is 4.79 Å². The molecule has 2 aliphatic heterocycles. The highest BCUT2D eigenvalue weighted by molar-refractivity contribution is 6.24. The summed E-state index contributed by atoms with van der Waals surface area (Å²) in [5, 5.41) is 20.2. The third-order valence-corrected chi connectivity index (χ3v) is 5.37. The Labute approximate surface area is 176 Å². The lowest BCUT2D eigenvalue weighted by Gasteiger charge is -2.33. The minimum absolute atomic E-state index is 0.0117. The van der Waals surface area contributed by atoms with Gasteiger partial charge in [-0.3, -0.25) is 15.2 Å². The van der Waals surface area contributed by atoms with Crippen LogP contribution in [0.1, 0.15) is 19.8 Å². The number of hydrogen-bond donors (Lipinski definition) is 7. The summed E-state index contributed by atoms with van der Waals surface area (Å²) in [5.74, 6) is -0.394. The Morgan fingerprint density at radius 2 is 2.13 bits per heavy atom. The van der Waals surface area contributed by atoms with E-state index in [1.807, 2.05) is 26.2 Å². The van der Waals surface area contributed by atoms with Crippen molar-refractivity contribution in [3.63, 3.8) is 0 Å². The Hall–Kier alpha value is -3.11. The summed E-state index contributed by atoms with van der Waals surface area (Å²) in [5.41, 5.74) is 14.4. The van der Waals surface area contributed by atoms with Crippen molar-refractivity contribution in [2.45, 2.75) is 31.8 Å². The summed E-state index contributed by atoms with van der Waals surface area (Å²) >= 11 is 0. The predicted molar refractivity (Wildman–Crippen MR) is 119 cm³/mol. The minimum atomic E-state index is -0.474. The third-order valence-electron chi connectivity index (χ3n) is 5.37. The molecule has 0 saturated carbocycles. The maximum absolute atomic E-state index is 13.1. The largest absolute Gasteiger partial charge is 0.383 e. The number of carbonyl (C=O) groups is 1. The number of nitrogens with two attached hydrogens (primary N) is 2. The molecule has 0 aromatic carbocycles. The van der Waals surface area contributed by atoms with Crippen LogP contribution in [0.4, 0.5) is 11.4 Å². The van der Waals surface area contributed by atoms with E-state index in [0.29, 0.717) is 18.1 Å². The average Bonchev–Trinajstić information content (AvgIpc) is 2.71. The van der Waals surface area contributed by atoms with Crippen LogP contribution in [0, 0.1) is 5.41 Å². The summed E-state index contributed by atoms with van der Waals surface area (Å²) in [4.78, 5) is 19.4. The lowest BCUT2D eigenvalue weighted by Crippen LogP contribution is -2.44. The molecule has 1 atom stereocenters. The topological polar surface area (TPSA) is 157 Å². The summed E-state index contributed by atoms with van der Waals surface area (Å²) in [7, 11) is 1.87. The normalized spacial score (nSPS) is 21.2. The molecular weight excluding hydrogens is 382 g/mol. The van der Waals surface area contributed by atoms with Crippen LogP contribution >= 0.6 is 0 Å². The molecule has 10 nitrogen and oxygen atoms in total. The number of nitrogens with one attached hydrogen (secondary N) is 5. The molecule has 0 radical (unpaired) electrons. The summed E-state index contributed by atoms with van der Waals surface area (Å²) in [6.07, 6.45) is 6.93. The van der Waals surface area contributed by atoms with Gasteiger partial charge in [0.05, 0.1) is 17.6 Å². The van der Waals surface area contributed by atoms with Crippen molar-refractivity contribution in [2.75, 3.05) is 36.9 Å². The molecular formula is C20H31N9O. The summed E-state index contributed by atoms with van der Waals surface area (Å²) < 4.78 is 0. The van der Waals surface area contributed by atoms with Gasteiger partial charge in [-0.2, -0.15) is 0 Å². The van der Waals surface area contributed by atoms with Gasteiger partial charge in [0, 0.05) is 44.1 Å². The van der Waals surface area contributed by atoms with Gasteiger partial charge < -0.3 is 37.6 Å². The molecule has 1 unspecified atom stereocenters. The fraction of sp³-hybridized carbons (Fsp3) is 0.450. The number of carbonyl (C=O) groups excluding carboxylic acids is 1. The molecule has 1 fully saturated rings. The first kappa shape index (κ1) is 21.6. The van der Waals surface area contributed by atoms with Gasteiger partial charge in [0.15, 0.2) is 0 Å². The lowest BCUT2D eigenvalue weighted by atomic mass is 10.1. The summed E-state index contributed by atoms with van der Waals surface area (Å²) in [6.45, 7) is 4.32. The molecule has 0 bridgehead atoms. The molecule has 1 aromatic heterocycles. The second-order valence-corrected chi connectivity index (χ2v) is 7.60. The second-order valence-electron chi connectivity index (χ2n) is 7.60. The maximum Gasteiger partial charge on any atom is 0.263 e. The van der Waals surface area contributed by atoms with E-state index >= 15 is 0 Å². The van der Waals surface area contributed by atoms with Crippen molar-refractivity contribution in [3.05, 3.63) is 41.6 Å². The zero-order valence-electron chi connectivity index (χ0n) is 17.5. The highest BCUT2D eigenvalue weighted by Gasteiger charge is 2.25. The number of pyridine rings is 1. The quantitative estimate of drug-likeness (QED) is 0.192. The zero-order chi connectivity index (χ0) is 21.7. The van der Waals surface area contributed by atoms with Crippen LogP contribution in [0.5, 0.6) is 0 Å². The van der Waals surface area contributed by atoms with Gasteiger partial charge in [0.25, 0.3) is 5.91 Å². The van der Waals surface area contributed by atoms with E-state index in [-0.39, 0.29) is 23.5 Å². The molecule has 30 heavy (non-hydrogen) atoms. The van der Waals surface area contributed by atoms with Crippen molar-refractivity contribution in [1.82, 2.24) is 20.9 Å². The van der Waals surface area contributed by atoms with Crippen LogP contribution in [0.2, 0.25) is 0 Å². The van der Waals surface area contributed by atoms with Crippen molar-refractivity contribution < 1.29 is 4.79 Å². The van der Waals surface area contributed by atoms with E-state index < -0.39 is 5.91 Å². The SMILES string of the molecule is CNCC1=CN/C(=C(\C(=N)N)C(=O)Nc2cnccc2N2CCC(N)CC2)NC1C. The Morgan fingerprint density at radius 3 is 2.77 bits per heavy atom. The summed E-state index contributed by atoms with van der Waals surface area (Å²) in [6, 6.07) is 2.07. The fourth-order valence-electron chi connectivity index (χ4n) is 3.65. The van der Waals surface area contributed by atoms with E-state index in [4.69, 9.17) is 16.9 Å². The number of amides is 1. The van der Waals surface area contributed by atoms with Crippen LogP contribution in [0.15, 0.2) is 41.6 Å². The van der Waals surface area contributed by atoms with Crippen molar-refractivity contribution in [1.29, 1.82) is 5.41 Å². The number of rotatable bonds is 6. The number of piperidine rings is 1. The third kappa shape index (κ3) is 4.89. The Bertz CT molecular complexity index is 856. The van der Waals surface area contributed by atoms with Gasteiger partial charge in [-0.05, 0) is 38.5 Å². The van der Waals surface area contributed by atoms with Gasteiger partial charge in [0.2, 0.25) is 0 Å². The van der Waals surface area contributed by atoms with Gasteiger partial charge in [-0.1, -0.05) is 0 Å². The molecule has 3 rings (SSSR count). The van der Waals surface area contributed by atoms with Gasteiger partial charge in [-0.15, -0.1) is 0 Å². The Kier molecular flexibility index (Phi) is 6.91. The molecule has 1 saturated heterocycles. The van der Waals surface area contributed by atoms with Crippen LogP contribution in [0.25, 0.3) is 0 Å². The Morgan fingerprint density at radius 1 is 1.40 bits per heavy atom. The lowest BCUT2D eigenvalue weighted by molar-refractivity contribution is -0.112. The molecule has 9 N–H and O–H groups in total. The van der Waals surface area contributed by atoms with Crippen LogP contribution < -0.4 is 37.6 Å². The predicted octanol–water partition coefficient (Wildman–Crippen LogP) is -0.220. The van der Waals surface area contributed by atoms with Gasteiger partial charge >= 0.3 is 0 Å². The first-order valence-electron chi connectivity index (χ1n) is 10.1. The van der Waals surface area contributed by atoms with Crippen molar-refractivity contribution in [3.8, 4) is 0 Å². The van der Waals surface area contributed by atoms with Crippen molar-refractivity contribution in [2.24, 2.45) is 11.5 Å². The standard InChI is InChI=1S/C20H31N9O/c1-12-13(9-24-2)10-26-19(27-12)17(18(22)23)20(30)28-15-11-25-6-3-16(15)29-7-4-14(21)5-8-29/h3,6,10-12,14,24,26-27H,4-5,7-9,21H2,1-2H3,(H3,22,23)(H,28,30)/b19-17-. The van der Waals surface area contributed by atoms with E-state index in [0.717, 1.165) is 37.2 Å². The van der Waals surface area contributed by atoms with Gasteiger partial charge in [0.1, 0.15) is 17.2 Å². The molecule has 3 heterocycles. The van der Waals surface area contributed by atoms with Crippen LogP contribution in [0.3, 0.4) is 0 Å². The molecule has 2 aliphatic rings. The molecule has 1 amide bonds. The molecule has 0 aliphatic carbocycles. The monoisotopic (exact) mass is 413 g/mol. The smallest absolute Gasteiger partial charge is 0.263 e. The van der Waals surface area contributed by atoms with Crippen molar-refractivity contribution >= 4 is 23.1 Å². The van der Waals surface area contributed by atoms with E-state index in [9.17, 15) is 4.79 Å². The average molecular weight is 414 g/mol. The minimum Gasteiger partial charge on any atom is -0.383 e. The first-order chi connectivity index (χ1) is 14.4. The molecule has 162 valence electrons. The second kappa shape index (κ2) is 9.59. The molecule has 0 spiro atoms. The fourth-order valence-corrected chi connectivity index (χ4v) is 3.65. The number of aromatic nitrogens is 1. The van der Waals surface area contributed by atoms with E-state index in [1.54, 1.807) is 12.4 Å². The van der Waals surface area contributed by atoms with E-state index in [1.165, 1.54) is 0 Å².